The molecule has 90 valence electrons. The maximum Gasteiger partial charge on any atom is 0.128 e. The zero-order valence-corrected chi connectivity index (χ0v) is 10.0. The van der Waals surface area contributed by atoms with Crippen molar-refractivity contribution in [2.75, 3.05) is 11.5 Å². The first-order valence-corrected chi connectivity index (χ1v) is 5.93. The lowest BCUT2D eigenvalue weighted by Crippen LogP contribution is -2.04. The minimum Gasteiger partial charge on any atom is -0.395 e. The van der Waals surface area contributed by atoms with Crippen molar-refractivity contribution in [2.45, 2.75) is 6.54 Å². The zero-order valence-electron chi connectivity index (χ0n) is 10.0. The molecule has 0 spiro atoms. The largest absolute Gasteiger partial charge is 0.395 e. The summed E-state index contributed by atoms with van der Waals surface area (Å²) in [5.74, 6) is 0.639. The van der Waals surface area contributed by atoms with Crippen molar-refractivity contribution in [3.8, 4) is 0 Å². The van der Waals surface area contributed by atoms with Gasteiger partial charge in [0, 0.05) is 11.9 Å². The lowest BCUT2D eigenvalue weighted by atomic mass is 10.2. The molecule has 0 unspecified atom stereocenters. The second kappa shape index (κ2) is 4.11. The van der Waals surface area contributed by atoms with Gasteiger partial charge in [-0.05, 0) is 11.6 Å². The smallest absolute Gasteiger partial charge is 0.128 e. The number of aromatic nitrogens is 1. The average Bonchev–Trinajstić information content (AvgIpc) is 2.66. The third-order valence-corrected chi connectivity index (χ3v) is 3.24. The van der Waals surface area contributed by atoms with E-state index in [0.29, 0.717) is 11.5 Å². The highest BCUT2D eigenvalue weighted by atomic mass is 15.1. The van der Waals surface area contributed by atoms with Crippen molar-refractivity contribution >= 4 is 22.4 Å². The fourth-order valence-electron chi connectivity index (χ4n) is 2.29. The minimum atomic E-state index is 0.639. The molecule has 4 N–H and O–H groups in total. The Morgan fingerprint density at radius 1 is 0.833 bits per heavy atom. The van der Waals surface area contributed by atoms with Crippen LogP contribution in [0.4, 0.5) is 11.5 Å². The van der Waals surface area contributed by atoms with Crippen molar-refractivity contribution in [1.29, 1.82) is 0 Å². The van der Waals surface area contributed by atoms with E-state index in [1.54, 1.807) is 0 Å². The lowest BCUT2D eigenvalue weighted by molar-refractivity contribution is 0.849. The van der Waals surface area contributed by atoms with Crippen LogP contribution in [0.1, 0.15) is 5.56 Å². The van der Waals surface area contributed by atoms with Gasteiger partial charge in [-0.1, -0.05) is 48.5 Å². The number of benzene rings is 2. The molecule has 0 bridgehead atoms. The van der Waals surface area contributed by atoms with Crippen LogP contribution in [0.3, 0.4) is 0 Å². The van der Waals surface area contributed by atoms with Gasteiger partial charge in [0.15, 0.2) is 0 Å². The molecule has 3 heteroatoms. The molecule has 0 aliphatic carbocycles. The minimum absolute atomic E-state index is 0.639. The van der Waals surface area contributed by atoms with Gasteiger partial charge in [0.25, 0.3) is 0 Å². The quantitative estimate of drug-likeness (QED) is 0.720. The Bertz CT molecular complexity index is 684. The van der Waals surface area contributed by atoms with Crippen LogP contribution in [-0.2, 0) is 6.54 Å². The van der Waals surface area contributed by atoms with Gasteiger partial charge < -0.3 is 16.0 Å². The van der Waals surface area contributed by atoms with E-state index in [1.165, 1.54) is 5.56 Å². The molecule has 18 heavy (non-hydrogen) atoms. The fourth-order valence-corrected chi connectivity index (χ4v) is 2.29. The second-order valence-electron chi connectivity index (χ2n) is 4.39. The average molecular weight is 237 g/mol. The molecular formula is C15H15N3. The molecule has 0 atom stereocenters. The Labute approximate surface area is 106 Å². The highest BCUT2D eigenvalue weighted by Gasteiger charge is 2.11. The first-order chi connectivity index (χ1) is 8.77. The number of hydrogen-bond donors (Lipinski definition) is 2. The van der Waals surface area contributed by atoms with Gasteiger partial charge in [-0.3, -0.25) is 0 Å². The maximum atomic E-state index is 6.10. The predicted octanol–water partition coefficient (Wildman–Crippen LogP) is 2.85. The van der Waals surface area contributed by atoms with E-state index in [0.717, 1.165) is 17.4 Å². The number of nitrogen functional groups attached to an aromatic ring is 2. The van der Waals surface area contributed by atoms with Crippen molar-refractivity contribution in [3.05, 3.63) is 60.2 Å². The van der Waals surface area contributed by atoms with Crippen LogP contribution in [0.5, 0.6) is 0 Å². The fraction of sp³-hybridized carbons (Fsp3) is 0.0667. The number of anilines is 2. The van der Waals surface area contributed by atoms with Gasteiger partial charge in [-0.25, -0.2) is 0 Å². The zero-order chi connectivity index (χ0) is 12.5. The van der Waals surface area contributed by atoms with E-state index >= 15 is 0 Å². The summed E-state index contributed by atoms with van der Waals surface area (Å²) < 4.78 is 2.06. The van der Waals surface area contributed by atoms with Crippen LogP contribution in [0.25, 0.3) is 10.9 Å². The topological polar surface area (TPSA) is 57.0 Å². The Morgan fingerprint density at radius 2 is 1.50 bits per heavy atom. The summed E-state index contributed by atoms with van der Waals surface area (Å²) in [6, 6.07) is 18.3. The molecule has 0 saturated heterocycles. The van der Waals surface area contributed by atoms with Crippen LogP contribution >= 0.6 is 0 Å². The molecule has 3 rings (SSSR count). The van der Waals surface area contributed by atoms with E-state index < -0.39 is 0 Å². The second-order valence-corrected chi connectivity index (χ2v) is 4.39. The lowest BCUT2D eigenvalue weighted by Gasteiger charge is -2.07. The third kappa shape index (κ3) is 1.61. The van der Waals surface area contributed by atoms with Crippen molar-refractivity contribution in [1.82, 2.24) is 4.57 Å². The summed E-state index contributed by atoms with van der Waals surface area (Å²) in [5.41, 5.74) is 15.1. The molecule has 0 amide bonds. The van der Waals surface area contributed by atoms with Gasteiger partial charge in [-0.2, -0.15) is 0 Å². The summed E-state index contributed by atoms with van der Waals surface area (Å²) in [6.45, 7) is 0.740. The summed E-state index contributed by atoms with van der Waals surface area (Å²) in [6.07, 6.45) is 0. The molecule has 2 aromatic carbocycles. The van der Waals surface area contributed by atoms with Gasteiger partial charge in [-0.15, -0.1) is 0 Å². The van der Waals surface area contributed by atoms with Crippen molar-refractivity contribution < 1.29 is 0 Å². The van der Waals surface area contributed by atoms with Crippen LogP contribution in [0.2, 0.25) is 0 Å². The van der Waals surface area contributed by atoms with E-state index in [4.69, 9.17) is 11.5 Å². The molecule has 0 radical (unpaired) electrons. The maximum absolute atomic E-state index is 6.10. The summed E-state index contributed by atoms with van der Waals surface area (Å²) in [4.78, 5) is 0. The SMILES string of the molecule is Nc1c(N)n(Cc2ccccc2)c2ccccc12. The number of hydrogen-bond acceptors (Lipinski definition) is 2. The Kier molecular flexibility index (Phi) is 2.45. The van der Waals surface area contributed by atoms with Crippen LogP contribution in [0, 0.1) is 0 Å². The van der Waals surface area contributed by atoms with Crippen LogP contribution in [0.15, 0.2) is 54.6 Å². The molecule has 1 heterocycles. The van der Waals surface area contributed by atoms with E-state index in [2.05, 4.69) is 16.7 Å². The standard InChI is InChI=1S/C15H15N3/c16-14-12-8-4-5-9-13(12)18(15(14)17)10-11-6-2-1-3-7-11/h1-9H,10,16-17H2. The number of rotatable bonds is 2. The molecule has 0 aliphatic rings. The van der Waals surface area contributed by atoms with Gasteiger partial charge >= 0.3 is 0 Å². The molecule has 0 fully saturated rings. The van der Waals surface area contributed by atoms with Crippen molar-refractivity contribution in [3.63, 3.8) is 0 Å². The monoisotopic (exact) mass is 237 g/mol. The highest BCUT2D eigenvalue weighted by molar-refractivity contribution is 5.98. The molecule has 0 saturated carbocycles. The Hall–Kier alpha value is -2.42. The normalized spacial score (nSPS) is 10.9. The highest BCUT2D eigenvalue weighted by Crippen LogP contribution is 2.30. The van der Waals surface area contributed by atoms with E-state index in [9.17, 15) is 0 Å². The molecule has 3 nitrogen and oxygen atoms in total. The van der Waals surface area contributed by atoms with Gasteiger partial charge in [0.05, 0.1) is 11.2 Å². The summed E-state index contributed by atoms with van der Waals surface area (Å²) >= 11 is 0. The number of fused-ring (bicyclic) bond motifs is 1. The molecule has 1 aromatic heterocycles. The summed E-state index contributed by atoms with van der Waals surface area (Å²) in [5, 5.41) is 1.02. The summed E-state index contributed by atoms with van der Waals surface area (Å²) in [7, 11) is 0. The molecular weight excluding hydrogens is 222 g/mol. The molecule has 0 aliphatic heterocycles. The third-order valence-electron chi connectivity index (χ3n) is 3.24. The first kappa shape index (κ1) is 10.7. The Balaban J connectivity index is 2.15. The van der Waals surface area contributed by atoms with E-state index in [1.807, 2.05) is 42.5 Å². The number of nitrogens with zero attached hydrogens (tertiary/aromatic N) is 1. The predicted molar refractivity (Wildman–Crippen MR) is 76.3 cm³/mol. The number of para-hydroxylation sites is 1. The Morgan fingerprint density at radius 3 is 2.28 bits per heavy atom. The van der Waals surface area contributed by atoms with Gasteiger partial charge in [0.1, 0.15) is 5.82 Å². The van der Waals surface area contributed by atoms with Crippen molar-refractivity contribution in [2.24, 2.45) is 0 Å². The van der Waals surface area contributed by atoms with Crippen LogP contribution < -0.4 is 11.5 Å². The number of nitrogens with two attached hydrogens (primary N) is 2. The van der Waals surface area contributed by atoms with Crippen LogP contribution in [-0.4, -0.2) is 4.57 Å². The van der Waals surface area contributed by atoms with E-state index in [-0.39, 0.29) is 0 Å². The molecule has 3 aromatic rings. The van der Waals surface area contributed by atoms with Gasteiger partial charge in [0.2, 0.25) is 0 Å². The first-order valence-electron chi connectivity index (χ1n) is 5.93.